The predicted molar refractivity (Wildman–Crippen MR) is 122 cm³/mol. The normalized spacial score (nSPS) is 13.1. The van der Waals surface area contributed by atoms with E-state index < -0.39 is 0 Å². The highest BCUT2D eigenvalue weighted by atomic mass is 32.2. The largest absolute Gasteiger partial charge is 0.293 e. The molecule has 0 aliphatic heterocycles. The van der Waals surface area contributed by atoms with Crippen molar-refractivity contribution in [3.05, 3.63) is 67.8 Å². The number of Topliss-reactive ketones (excluding diaryl/α,β-unsaturated/α-hetero) is 1. The first-order chi connectivity index (χ1) is 13.9. The van der Waals surface area contributed by atoms with Gasteiger partial charge in [0.2, 0.25) is 0 Å². The molecule has 0 N–H and O–H groups in total. The summed E-state index contributed by atoms with van der Waals surface area (Å²) in [4.78, 5) is 33.0. The molecule has 2 aromatic heterocycles. The van der Waals surface area contributed by atoms with Gasteiger partial charge in [0, 0.05) is 17.0 Å². The van der Waals surface area contributed by atoms with Crippen molar-refractivity contribution in [1.82, 2.24) is 9.55 Å². The Hall–Kier alpha value is -2.18. The number of rotatable bonds is 6. The quantitative estimate of drug-likeness (QED) is 0.241. The zero-order chi connectivity index (χ0) is 20.7. The summed E-state index contributed by atoms with van der Waals surface area (Å²) >= 11 is 2.97. The third kappa shape index (κ3) is 3.60. The fraction of sp³-hybridized carbons (Fsp3) is 0.348. The molecule has 0 fully saturated rings. The molecule has 1 aliphatic rings. The number of nitrogens with zero attached hydrogens (tertiary/aromatic N) is 2. The van der Waals surface area contributed by atoms with Crippen LogP contribution in [0, 0.1) is 20.8 Å². The summed E-state index contributed by atoms with van der Waals surface area (Å²) in [6, 6.07) is 4.02. The topological polar surface area (TPSA) is 52.0 Å². The van der Waals surface area contributed by atoms with Crippen LogP contribution in [0.1, 0.15) is 43.9 Å². The van der Waals surface area contributed by atoms with Crippen molar-refractivity contribution in [1.29, 1.82) is 0 Å². The molecule has 2 heterocycles. The van der Waals surface area contributed by atoms with Gasteiger partial charge in [-0.1, -0.05) is 23.9 Å². The average Bonchev–Trinajstić information content (AvgIpc) is 3.26. The number of ketones is 1. The van der Waals surface area contributed by atoms with Crippen molar-refractivity contribution in [2.24, 2.45) is 0 Å². The summed E-state index contributed by atoms with van der Waals surface area (Å²) in [7, 11) is 0. The minimum absolute atomic E-state index is 0.00777. The number of aryl methyl sites for hydroxylation is 5. The van der Waals surface area contributed by atoms with Crippen LogP contribution >= 0.6 is 23.1 Å². The highest BCUT2D eigenvalue weighted by Crippen LogP contribution is 2.35. The van der Waals surface area contributed by atoms with E-state index in [0.717, 1.165) is 46.2 Å². The van der Waals surface area contributed by atoms with E-state index in [4.69, 9.17) is 4.98 Å². The molecular weight excluding hydrogens is 400 g/mol. The van der Waals surface area contributed by atoms with Crippen molar-refractivity contribution in [2.75, 3.05) is 5.75 Å². The van der Waals surface area contributed by atoms with Gasteiger partial charge in [-0.3, -0.25) is 14.2 Å². The van der Waals surface area contributed by atoms with E-state index in [2.05, 4.69) is 19.6 Å². The average molecular weight is 425 g/mol. The number of thiophene rings is 1. The Labute approximate surface area is 178 Å². The Kier molecular flexibility index (Phi) is 5.49. The Morgan fingerprint density at radius 3 is 2.76 bits per heavy atom. The number of carbonyl (C=O) groups is 1. The van der Waals surface area contributed by atoms with Crippen LogP contribution in [0.2, 0.25) is 0 Å². The van der Waals surface area contributed by atoms with E-state index in [-0.39, 0.29) is 17.1 Å². The molecule has 0 saturated heterocycles. The monoisotopic (exact) mass is 424 g/mol. The van der Waals surface area contributed by atoms with Gasteiger partial charge >= 0.3 is 0 Å². The van der Waals surface area contributed by atoms with Crippen molar-refractivity contribution >= 4 is 39.1 Å². The number of benzene rings is 1. The minimum Gasteiger partial charge on any atom is -0.293 e. The standard InChI is InChI=1S/C23H24N2O2S2/c1-5-9-25-22(27)20-16-7-6-8-19(16)29-21(20)24-23(25)28-12-18(26)17-11-14(3)13(2)10-15(17)4/h5,10-11H,1,6-9,12H2,2-4H3. The number of fused-ring (bicyclic) bond motifs is 3. The smallest absolute Gasteiger partial charge is 0.263 e. The maximum atomic E-state index is 13.2. The molecule has 4 nitrogen and oxygen atoms in total. The van der Waals surface area contributed by atoms with Gasteiger partial charge in [-0.15, -0.1) is 17.9 Å². The molecule has 0 radical (unpaired) electrons. The summed E-state index contributed by atoms with van der Waals surface area (Å²) < 4.78 is 1.66. The van der Waals surface area contributed by atoms with Gasteiger partial charge in [0.05, 0.1) is 11.1 Å². The van der Waals surface area contributed by atoms with E-state index in [1.165, 1.54) is 27.8 Å². The van der Waals surface area contributed by atoms with Crippen LogP contribution in [0.4, 0.5) is 0 Å². The van der Waals surface area contributed by atoms with Crippen LogP contribution in [-0.2, 0) is 19.4 Å². The van der Waals surface area contributed by atoms with Crippen molar-refractivity contribution < 1.29 is 4.79 Å². The van der Waals surface area contributed by atoms with Gasteiger partial charge in [-0.25, -0.2) is 4.98 Å². The lowest BCUT2D eigenvalue weighted by molar-refractivity contribution is 0.102. The zero-order valence-electron chi connectivity index (χ0n) is 17.0. The molecule has 0 bridgehead atoms. The van der Waals surface area contributed by atoms with Crippen LogP contribution in [0.3, 0.4) is 0 Å². The molecule has 0 atom stereocenters. The molecule has 0 unspecified atom stereocenters. The van der Waals surface area contributed by atoms with Crippen molar-refractivity contribution in [3.8, 4) is 0 Å². The summed E-state index contributed by atoms with van der Waals surface area (Å²) in [6.07, 6.45) is 4.81. The highest BCUT2D eigenvalue weighted by Gasteiger charge is 2.23. The van der Waals surface area contributed by atoms with Crippen LogP contribution in [0.25, 0.3) is 10.2 Å². The molecule has 0 amide bonds. The first-order valence-corrected chi connectivity index (χ1v) is 11.6. The molecule has 4 rings (SSSR count). The van der Waals surface area contributed by atoms with Gasteiger partial charge in [0.15, 0.2) is 10.9 Å². The molecule has 1 aliphatic carbocycles. The van der Waals surface area contributed by atoms with E-state index in [1.807, 2.05) is 19.9 Å². The van der Waals surface area contributed by atoms with E-state index in [0.29, 0.717) is 11.7 Å². The fourth-order valence-electron chi connectivity index (χ4n) is 3.93. The van der Waals surface area contributed by atoms with E-state index in [9.17, 15) is 9.59 Å². The molecule has 0 saturated carbocycles. The van der Waals surface area contributed by atoms with Gasteiger partial charge in [-0.2, -0.15) is 0 Å². The second kappa shape index (κ2) is 7.92. The van der Waals surface area contributed by atoms with Crippen molar-refractivity contribution in [2.45, 2.75) is 51.7 Å². The first-order valence-electron chi connectivity index (χ1n) is 9.80. The second-order valence-corrected chi connectivity index (χ2v) is 9.63. The van der Waals surface area contributed by atoms with Gasteiger partial charge in [0.1, 0.15) is 4.83 Å². The maximum absolute atomic E-state index is 13.2. The number of thioether (sulfide) groups is 1. The Morgan fingerprint density at radius 1 is 1.24 bits per heavy atom. The summed E-state index contributed by atoms with van der Waals surface area (Å²) in [5.41, 5.74) is 5.20. The van der Waals surface area contributed by atoms with E-state index >= 15 is 0 Å². The van der Waals surface area contributed by atoms with Crippen LogP contribution in [-0.4, -0.2) is 21.1 Å². The summed E-state index contributed by atoms with van der Waals surface area (Å²) in [5, 5.41) is 1.36. The number of hydrogen-bond acceptors (Lipinski definition) is 5. The number of hydrogen-bond donors (Lipinski definition) is 0. The SMILES string of the molecule is C=CCn1c(SCC(=O)c2cc(C)c(C)cc2C)nc2sc3c(c2c1=O)CCC3. The molecule has 0 spiro atoms. The predicted octanol–water partition coefficient (Wildman–Crippen LogP) is 5.03. The molecule has 3 aromatic rings. The number of carbonyl (C=O) groups excluding carboxylic acids is 1. The lowest BCUT2D eigenvalue weighted by Crippen LogP contribution is -2.23. The van der Waals surface area contributed by atoms with Crippen LogP contribution in [0.15, 0.2) is 34.7 Å². The fourth-order valence-corrected chi connectivity index (χ4v) is 6.12. The highest BCUT2D eigenvalue weighted by molar-refractivity contribution is 7.99. The number of aromatic nitrogens is 2. The Bertz CT molecular complexity index is 1200. The second-order valence-electron chi connectivity index (χ2n) is 7.60. The molecule has 6 heteroatoms. The molecule has 1 aromatic carbocycles. The zero-order valence-corrected chi connectivity index (χ0v) is 18.6. The van der Waals surface area contributed by atoms with Gasteiger partial charge in [-0.05, 0) is 68.4 Å². The minimum atomic E-state index is -0.00777. The van der Waals surface area contributed by atoms with Gasteiger partial charge < -0.3 is 0 Å². The van der Waals surface area contributed by atoms with Crippen LogP contribution in [0.5, 0.6) is 0 Å². The summed E-state index contributed by atoms with van der Waals surface area (Å²) in [6.45, 7) is 10.2. The molecule has 150 valence electrons. The first kappa shape index (κ1) is 20.1. The summed E-state index contributed by atoms with van der Waals surface area (Å²) in [5.74, 6) is 0.313. The van der Waals surface area contributed by atoms with E-state index in [1.54, 1.807) is 22.0 Å². The molecular formula is C23H24N2O2S2. The Balaban J connectivity index is 1.68. The maximum Gasteiger partial charge on any atom is 0.263 e. The number of allylic oxidation sites excluding steroid dienone is 1. The third-order valence-electron chi connectivity index (χ3n) is 5.57. The Morgan fingerprint density at radius 2 is 2.00 bits per heavy atom. The van der Waals surface area contributed by atoms with Crippen molar-refractivity contribution in [3.63, 3.8) is 0 Å². The lowest BCUT2D eigenvalue weighted by Gasteiger charge is -2.12. The van der Waals surface area contributed by atoms with Gasteiger partial charge in [0.25, 0.3) is 5.56 Å². The lowest BCUT2D eigenvalue weighted by atomic mass is 9.99. The third-order valence-corrected chi connectivity index (χ3v) is 7.74. The molecule has 29 heavy (non-hydrogen) atoms. The van der Waals surface area contributed by atoms with Crippen LogP contribution < -0.4 is 5.56 Å².